The Hall–Kier alpha value is -3.03. The van der Waals surface area contributed by atoms with Crippen LogP contribution in [-0.2, 0) is 33.2 Å². The van der Waals surface area contributed by atoms with E-state index in [1.165, 1.54) is 141 Å². The lowest BCUT2D eigenvalue weighted by Crippen LogP contribution is -2.66. The number of ether oxygens (including phenoxy) is 6. The van der Waals surface area contributed by atoms with Gasteiger partial charge in [-0.25, -0.2) is 0 Å². The van der Waals surface area contributed by atoms with E-state index in [1.807, 2.05) is 6.08 Å². The number of carbonyl (C=O) groups is 1. The van der Waals surface area contributed by atoms with E-state index in [4.69, 9.17) is 28.4 Å². The van der Waals surface area contributed by atoms with E-state index >= 15 is 0 Å². The van der Waals surface area contributed by atoms with Crippen molar-refractivity contribution in [3.05, 3.63) is 85.1 Å². The van der Waals surface area contributed by atoms with Crippen LogP contribution in [0.3, 0.4) is 0 Å². The van der Waals surface area contributed by atoms with Gasteiger partial charge in [0.1, 0.15) is 73.2 Å². The number of hydrogen-bond donors (Lipinski definition) is 12. The normalized spacial score (nSPS) is 27.9. The predicted molar refractivity (Wildman–Crippen MR) is 369 cm³/mol. The zero-order valence-electron chi connectivity index (χ0n) is 57.7. The van der Waals surface area contributed by atoms with Gasteiger partial charge in [-0.15, -0.1) is 0 Å². The second-order valence-electron chi connectivity index (χ2n) is 26.0. The summed E-state index contributed by atoms with van der Waals surface area (Å²) in [5.41, 5.74) is 0. The van der Waals surface area contributed by atoms with E-state index in [1.54, 1.807) is 0 Å². The molecule has 12 N–H and O–H groups in total. The summed E-state index contributed by atoms with van der Waals surface area (Å²) in [6.07, 6.45) is 45.2. The Balaban J connectivity index is 1.43. The standard InChI is InChI=1S/C75H131NO18/c1-3-5-7-9-11-13-15-17-19-21-23-25-27-28-29-31-32-34-36-38-40-42-44-46-48-50-52-59(80)58(76-63(81)53-51-49-47-45-43-41-39-37-35-33-30-26-24-22-20-18-16-14-12-10-8-6-4-2)57-89-73-69(87)66(84)71(61(55-78)91-73)94-75-70(88)67(85)72(62(56-79)92-75)93-74-68(86)65(83)64(82)60(54-77)90-74/h6,8,12,14,18,20,24,26,33,35,39,41,45,47,58-62,64-75,77-80,82-88H,3-5,7,9-11,13,15-17,19,21-23,25,27-32,34,36-38,40,42-44,46,48-57H2,1-2H3,(H,76,81)/b8-6-,14-12-,20-18-,26-24-,35-33-,41-39-,47-45-. The number of aliphatic hydroxyl groups is 11. The molecule has 17 unspecified atom stereocenters. The van der Waals surface area contributed by atoms with Gasteiger partial charge in [-0.05, 0) is 64.2 Å². The van der Waals surface area contributed by atoms with Crippen LogP contribution in [0.5, 0.6) is 0 Å². The third-order valence-electron chi connectivity index (χ3n) is 18.0. The highest BCUT2D eigenvalue weighted by Crippen LogP contribution is 2.33. The molecule has 0 spiro atoms. The van der Waals surface area contributed by atoms with Crippen molar-refractivity contribution in [1.29, 1.82) is 0 Å². The summed E-state index contributed by atoms with van der Waals surface area (Å²) in [6, 6.07) is -0.925. The zero-order valence-corrected chi connectivity index (χ0v) is 57.7. The van der Waals surface area contributed by atoms with Gasteiger partial charge in [-0.3, -0.25) is 4.79 Å². The SMILES string of the molecule is CC/C=C\C/C=C\C/C=C\C/C=C\C/C=C\C/C=C\C/C=C\CCCC(=O)NC(COC1OC(CO)C(OC2OC(CO)C(OC3OC(CO)C(O)C(O)C3O)C(O)C2O)C(O)C1O)C(O)CCCCCCCCCCCCCCCCCCCCCCCCCCCC. The van der Waals surface area contributed by atoms with Gasteiger partial charge in [-0.1, -0.05) is 266 Å². The maximum absolute atomic E-state index is 13.4. The maximum atomic E-state index is 13.4. The zero-order chi connectivity index (χ0) is 68.2. The molecule has 3 heterocycles. The molecule has 0 aliphatic carbocycles. The van der Waals surface area contributed by atoms with Gasteiger partial charge in [0.2, 0.25) is 5.91 Å². The first-order chi connectivity index (χ1) is 45.8. The van der Waals surface area contributed by atoms with E-state index in [2.05, 4.69) is 98.2 Å². The second kappa shape index (κ2) is 55.8. The molecule has 3 saturated heterocycles. The van der Waals surface area contributed by atoms with Crippen LogP contribution in [0, 0.1) is 0 Å². The number of carbonyl (C=O) groups excluding carboxylic acids is 1. The van der Waals surface area contributed by atoms with E-state index < -0.39 is 124 Å². The third kappa shape index (κ3) is 36.7. The molecule has 3 fully saturated rings. The largest absolute Gasteiger partial charge is 0.394 e. The highest BCUT2D eigenvalue weighted by molar-refractivity contribution is 5.76. The van der Waals surface area contributed by atoms with Crippen molar-refractivity contribution in [1.82, 2.24) is 5.32 Å². The lowest BCUT2D eigenvalue weighted by atomic mass is 9.96. The fourth-order valence-electron chi connectivity index (χ4n) is 12.1. The van der Waals surface area contributed by atoms with Crippen molar-refractivity contribution < 1.29 is 89.4 Å². The first-order valence-electron chi connectivity index (χ1n) is 36.8. The van der Waals surface area contributed by atoms with Gasteiger partial charge in [-0.2, -0.15) is 0 Å². The molecule has 0 radical (unpaired) electrons. The summed E-state index contributed by atoms with van der Waals surface area (Å²) >= 11 is 0. The van der Waals surface area contributed by atoms with Crippen molar-refractivity contribution in [2.45, 2.75) is 356 Å². The predicted octanol–water partition coefficient (Wildman–Crippen LogP) is 10.7. The average molecular weight is 1330 g/mol. The maximum Gasteiger partial charge on any atom is 0.220 e. The van der Waals surface area contributed by atoms with E-state index in [9.17, 15) is 61.0 Å². The Bertz CT molecular complexity index is 2030. The molecule has 0 aromatic heterocycles. The van der Waals surface area contributed by atoms with Gasteiger partial charge in [0.25, 0.3) is 0 Å². The Morgan fingerprint density at radius 2 is 0.723 bits per heavy atom. The summed E-state index contributed by atoms with van der Waals surface area (Å²) in [5, 5.41) is 121. The number of nitrogens with one attached hydrogen (secondary N) is 1. The molecule has 0 saturated carbocycles. The minimum Gasteiger partial charge on any atom is -0.394 e. The Kier molecular flexibility index (Phi) is 50.6. The minimum atomic E-state index is -1.98. The van der Waals surface area contributed by atoms with Crippen molar-refractivity contribution in [2.24, 2.45) is 0 Å². The van der Waals surface area contributed by atoms with Crippen molar-refractivity contribution >= 4 is 5.91 Å². The highest BCUT2D eigenvalue weighted by Gasteiger charge is 2.53. The molecule has 94 heavy (non-hydrogen) atoms. The van der Waals surface area contributed by atoms with Crippen molar-refractivity contribution in [2.75, 3.05) is 26.4 Å². The molecule has 0 aromatic carbocycles. The summed E-state index contributed by atoms with van der Waals surface area (Å²) in [4.78, 5) is 13.4. The highest BCUT2D eigenvalue weighted by atomic mass is 16.8. The van der Waals surface area contributed by atoms with Crippen LogP contribution in [0.4, 0.5) is 0 Å². The van der Waals surface area contributed by atoms with Crippen LogP contribution < -0.4 is 5.32 Å². The Morgan fingerprint density at radius 3 is 1.11 bits per heavy atom. The molecule has 0 bridgehead atoms. The summed E-state index contributed by atoms with van der Waals surface area (Å²) in [6.45, 7) is 1.66. The quantitative estimate of drug-likeness (QED) is 0.0199. The lowest BCUT2D eigenvalue weighted by molar-refractivity contribution is -0.379. The lowest BCUT2D eigenvalue weighted by Gasteiger charge is -2.48. The molecule has 3 aliphatic heterocycles. The Morgan fingerprint density at radius 1 is 0.394 bits per heavy atom. The van der Waals surface area contributed by atoms with Crippen molar-refractivity contribution in [3.8, 4) is 0 Å². The fourth-order valence-corrected chi connectivity index (χ4v) is 12.1. The van der Waals surface area contributed by atoms with Crippen LogP contribution in [-0.4, -0.2) is 193 Å². The number of allylic oxidation sites excluding steroid dienone is 14. The number of unbranched alkanes of at least 4 members (excludes halogenated alkanes) is 26. The monoisotopic (exact) mass is 1330 g/mol. The van der Waals surface area contributed by atoms with Crippen LogP contribution >= 0.6 is 0 Å². The summed E-state index contributed by atoms with van der Waals surface area (Å²) in [7, 11) is 0. The van der Waals surface area contributed by atoms with Crippen LogP contribution in [0.1, 0.15) is 251 Å². The van der Waals surface area contributed by atoms with Crippen LogP contribution in [0.2, 0.25) is 0 Å². The van der Waals surface area contributed by atoms with Crippen LogP contribution in [0.25, 0.3) is 0 Å². The molecular formula is C75H131NO18. The van der Waals surface area contributed by atoms with Gasteiger partial charge >= 0.3 is 0 Å². The van der Waals surface area contributed by atoms with Crippen molar-refractivity contribution in [3.63, 3.8) is 0 Å². The average Bonchev–Trinajstić information content (AvgIpc) is 0.787. The van der Waals surface area contributed by atoms with Gasteiger partial charge in [0.15, 0.2) is 18.9 Å². The number of aliphatic hydroxyl groups excluding tert-OH is 11. The molecule has 3 rings (SSSR count). The Labute approximate surface area is 565 Å². The van der Waals surface area contributed by atoms with Gasteiger partial charge in [0.05, 0.1) is 38.6 Å². The minimum absolute atomic E-state index is 0.182. The first kappa shape index (κ1) is 85.2. The van der Waals surface area contributed by atoms with Gasteiger partial charge < -0.3 is 89.9 Å². The molecular weight excluding hydrogens is 1200 g/mol. The molecule has 0 aromatic rings. The van der Waals surface area contributed by atoms with E-state index in [-0.39, 0.29) is 18.9 Å². The van der Waals surface area contributed by atoms with Crippen LogP contribution in [0.15, 0.2) is 85.1 Å². The number of rotatable bonds is 56. The first-order valence-corrected chi connectivity index (χ1v) is 36.8. The molecule has 1 amide bonds. The van der Waals surface area contributed by atoms with E-state index in [0.29, 0.717) is 25.7 Å². The summed E-state index contributed by atoms with van der Waals surface area (Å²) in [5.74, 6) is -0.301. The topological polar surface area (TPSA) is 307 Å². The van der Waals surface area contributed by atoms with Gasteiger partial charge in [0, 0.05) is 6.42 Å². The molecule has 19 heteroatoms. The second-order valence-corrected chi connectivity index (χ2v) is 26.0. The molecule has 544 valence electrons. The summed E-state index contributed by atoms with van der Waals surface area (Å²) < 4.78 is 34.4. The third-order valence-corrected chi connectivity index (χ3v) is 18.0. The fraction of sp³-hybridized carbons (Fsp3) is 0.800. The van der Waals surface area contributed by atoms with E-state index in [0.717, 1.165) is 64.2 Å². The smallest absolute Gasteiger partial charge is 0.220 e. The molecule has 19 nitrogen and oxygen atoms in total. The number of amides is 1. The number of hydrogen-bond acceptors (Lipinski definition) is 18. The molecule has 17 atom stereocenters. The molecule has 3 aliphatic rings.